The van der Waals surface area contributed by atoms with Crippen molar-refractivity contribution in [2.24, 2.45) is 0 Å². The summed E-state index contributed by atoms with van der Waals surface area (Å²) in [5.41, 5.74) is 2.70. The Kier molecular flexibility index (Phi) is 3.87. The summed E-state index contributed by atoms with van der Waals surface area (Å²) in [7, 11) is 0. The molecule has 0 spiro atoms. The smallest absolute Gasteiger partial charge is 0.322 e. The summed E-state index contributed by atoms with van der Waals surface area (Å²) >= 11 is 1.46. The van der Waals surface area contributed by atoms with Crippen LogP contribution in [-0.4, -0.2) is 44.2 Å². The number of hydrogen-bond donors (Lipinski definition) is 2. The second kappa shape index (κ2) is 5.80. The molecule has 1 atom stereocenters. The summed E-state index contributed by atoms with van der Waals surface area (Å²) < 4.78 is 0. The van der Waals surface area contributed by atoms with Crippen LogP contribution in [0.3, 0.4) is 0 Å². The molecule has 1 aliphatic rings. The molecular formula is C13H18N6OS. The van der Waals surface area contributed by atoms with Crippen LogP contribution in [0.2, 0.25) is 0 Å². The number of rotatable bonds is 3. The summed E-state index contributed by atoms with van der Waals surface area (Å²) in [6, 6.07) is -0.0660. The van der Waals surface area contributed by atoms with Crippen LogP contribution >= 0.6 is 11.3 Å². The number of anilines is 1. The molecule has 0 radical (unpaired) electrons. The standard InChI is InChI=1S/C13H18N6OS/c1-3-10-12(21-7-14-10)16-13(20)19-5-4-9(6-19)11-15-8(2)17-18-11/h7,9H,3-6H2,1-2H3,(H,16,20)(H,15,17,18). The number of aromatic amines is 1. The van der Waals surface area contributed by atoms with E-state index in [1.807, 2.05) is 18.7 Å². The van der Waals surface area contributed by atoms with Crippen LogP contribution in [0.5, 0.6) is 0 Å². The van der Waals surface area contributed by atoms with Crippen molar-refractivity contribution in [1.82, 2.24) is 25.1 Å². The molecule has 112 valence electrons. The number of H-pyrrole nitrogens is 1. The van der Waals surface area contributed by atoms with Gasteiger partial charge in [0, 0.05) is 19.0 Å². The molecule has 0 bridgehead atoms. The number of hydrogen-bond acceptors (Lipinski definition) is 5. The number of thiazole rings is 1. The van der Waals surface area contributed by atoms with Crippen molar-refractivity contribution >= 4 is 22.4 Å². The Hall–Kier alpha value is -1.96. The Balaban J connectivity index is 1.62. The number of nitrogens with zero attached hydrogens (tertiary/aromatic N) is 4. The van der Waals surface area contributed by atoms with Crippen LogP contribution in [0.1, 0.15) is 36.6 Å². The normalized spacial score (nSPS) is 18.2. The molecule has 8 heteroatoms. The Bertz CT molecular complexity index is 636. The van der Waals surface area contributed by atoms with E-state index < -0.39 is 0 Å². The van der Waals surface area contributed by atoms with Crippen molar-refractivity contribution in [3.63, 3.8) is 0 Å². The van der Waals surface area contributed by atoms with Crippen LogP contribution in [0, 0.1) is 6.92 Å². The maximum absolute atomic E-state index is 12.3. The van der Waals surface area contributed by atoms with Gasteiger partial charge in [-0.05, 0) is 19.8 Å². The first-order chi connectivity index (χ1) is 10.2. The Morgan fingerprint density at radius 2 is 2.48 bits per heavy atom. The first kappa shape index (κ1) is 14.0. The molecule has 2 amide bonds. The zero-order valence-corrected chi connectivity index (χ0v) is 12.9. The number of amides is 2. The molecule has 7 nitrogen and oxygen atoms in total. The maximum Gasteiger partial charge on any atom is 0.322 e. The van der Waals surface area contributed by atoms with Gasteiger partial charge in [0.2, 0.25) is 0 Å². The predicted molar refractivity (Wildman–Crippen MR) is 80.6 cm³/mol. The largest absolute Gasteiger partial charge is 0.324 e. The van der Waals surface area contributed by atoms with Gasteiger partial charge in [0.15, 0.2) is 5.82 Å². The molecule has 0 aromatic carbocycles. The van der Waals surface area contributed by atoms with E-state index in [2.05, 4.69) is 25.5 Å². The van der Waals surface area contributed by atoms with E-state index in [4.69, 9.17) is 0 Å². The molecule has 1 unspecified atom stereocenters. The summed E-state index contributed by atoms with van der Waals surface area (Å²) in [6.45, 7) is 5.29. The SMILES string of the molecule is CCc1ncsc1NC(=O)N1CCC(c2n[nH]c(C)n2)C1. The monoisotopic (exact) mass is 306 g/mol. The average molecular weight is 306 g/mol. The first-order valence-corrected chi connectivity index (χ1v) is 7.92. The van der Waals surface area contributed by atoms with Gasteiger partial charge in [-0.25, -0.2) is 14.8 Å². The highest BCUT2D eigenvalue weighted by molar-refractivity contribution is 7.14. The average Bonchev–Trinajstić information content (AvgIpc) is 3.17. The van der Waals surface area contributed by atoms with E-state index in [9.17, 15) is 4.79 Å². The quantitative estimate of drug-likeness (QED) is 0.909. The molecule has 0 saturated carbocycles. The minimum atomic E-state index is -0.0660. The molecule has 3 heterocycles. The molecular weight excluding hydrogens is 288 g/mol. The van der Waals surface area contributed by atoms with Crippen molar-refractivity contribution in [2.45, 2.75) is 32.6 Å². The second-order valence-corrected chi connectivity index (χ2v) is 5.98. The molecule has 1 saturated heterocycles. The van der Waals surface area contributed by atoms with Gasteiger partial charge in [-0.1, -0.05) is 6.92 Å². The highest BCUT2D eigenvalue weighted by atomic mass is 32.1. The number of likely N-dealkylation sites (tertiary alicyclic amines) is 1. The molecule has 2 aromatic rings. The molecule has 1 aliphatic heterocycles. The van der Waals surface area contributed by atoms with Crippen molar-refractivity contribution in [2.75, 3.05) is 18.4 Å². The number of carbonyl (C=O) groups is 1. The van der Waals surface area contributed by atoms with E-state index in [1.165, 1.54) is 11.3 Å². The minimum absolute atomic E-state index is 0.0660. The Labute approximate surface area is 126 Å². The molecule has 1 fully saturated rings. The Morgan fingerprint density at radius 3 is 3.19 bits per heavy atom. The third-order valence-corrected chi connectivity index (χ3v) is 4.44. The van der Waals surface area contributed by atoms with E-state index in [0.29, 0.717) is 6.54 Å². The molecule has 3 rings (SSSR count). The molecule has 0 aliphatic carbocycles. The fourth-order valence-corrected chi connectivity index (χ4v) is 3.26. The van der Waals surface area contributed by atoms with Crippen molar-refractivity contribution in [3.8, 4) is 0 Å². The van der Waals surface area contributed by atoms with E-state index in [1.54, 1.807) is 5.51 Å². The lowest BCUT2D eigenvalue weighted by molar-refractivity contribution is 0.222. The van der Waals surface area contributed by atoms with Crippen LogP contribution in [0.25, 0.3) is 0 Å². The van der Waals surface area contributed by atoms with Gasteiger partial charge in [0.25, 0.3) is 0 Å². The lowest BCUT2D eigenvalue weighted by Crippen LogP contribution is -2.32. The summed E-state index contributed by atoms with van der Waals surface area (Å²) in [5.74, 6) is 1.83. The maximum atomic E-state index is 12.3. The zero-order valence-electron chi connectivity index (χ0n) is 12.1. The van der Waals surface area contributed by atoms with Gasteiger partial charge in [-0.3, -0.25) is 10.4 Å². The van der Waals surface area contributed by atoms with Crippen molar-refractivity contribution in [3.05, 3.63) is 22.9 Å². The predicted octanol–water partition coefficient (Wildman–Crippen LogP) is 2.15. The lowest BCUT2D eigenvalue weighted by Gasteiger charge is -2.16. The van der Waals surface area contributed by atoms with Gasteiger partial charge in [0.1, 0.15) is 10.8 Å². The number of aryl methyl sites for hydroxylation is 2. The van der Waals surface area contributed by atoms with Crippen molar-refractivity contribution in [1.29, 1.82) is 0 Å². The highest BCUT2D eigenvalue weighted by Gasteiger charge is 2.30. The number of aromatic nitrogens is 4. The zero-order chi connectivity index (χ0) is 14.8. The number of carbonyl (C=O) groups excluding carboxylic acids is 1. The van der Waals surface area contributed by atoms with Crippen molar-refractivity contribution < 1.29 is 4.79 Å². The molecule has 2 N–H and O–H groups in total. The third-order valence-electron chi connectivity index (χ3n) is 3.65. The fraction of sp³-hybridized carbons (Fsp3) is 0.538. The van der Waals surface area contributed by atoms with Crippen LogP contribution in [0.4, 0.5) is 9.80 Å². The Morgan fingerprint density at radius 1 is 1.62 bits per heavy atom. The van der Waals surface area contributed by atoms with Gasteiger partial charge in [0.05, 0.1) is 11.2 Å². The third kappa shape index (κ3) is 2.90. The van der Waals surface area contributed by atoms with E-state index in [-0.39, 0.29) is 11.9 Å². The summed E-state index contributed by atoms with van der Waals surface area (Å²) in [4.78, 5) is 22.7. The first-order valence-electron chi connectivity index (χ1n) is 7.04. The van der Waals surface area contributed by atoms with Gasteiger partial charge >= 0.3 is 6.03 Å². The minimum Gasteiger partial charge on any atom is -0.324 e. The summed E-state index contributed by atoms with van der Waals surface area (Å²) in [5, 5.41) is 10.8. The highest BCUT2D eigenvalue weighted by Crippen LogP contribution is 2.26. The van der Waals surface area contributed by atoms with Crippen LogP contribution in [0.15, 0.2) is 5.51 Å². The van der Waals surface area contributed by atoms with E-state index >= 15 is 0 Å². The molecule has 2 aromatic heterocycles. The van der Waals surface area contributed by atoms with Gasteiger partial charge < -0.3 is 4.90 Å². The summed E-state index contributed by atoms with van der Waals surface area (Å²) in [6.07, 6.45) is 1.71. The number of urea groups is 1. The van der Waals surface area contributed by atoms with E-state index in [0.717, 1.165) is 41.7 Å². The lowest BCUT2D eigenvalue weighted by atomic mass is 10.1. The van der Waals surface area contributed by atoms with Gasteiger partial charge in [-0.2, -0.15) is 5.10 Å². The van der Waals surface area contributed by atoms with Gasteiger partial charge in [-0.15, -0.1) is 11.3 Å². The fourth-order valence-electron chi connectivity index (χ4n) is 2.50. The second-order valence-electron chi connectivity index (χ2n) is 5.12. The number of nitrogens with one attached hydrogen (secondary N) is 2. The topological polar surface area (TPSA) is 86.8 Å². The molecule has 21 heavy (non-hydrogen) atoms. The van der Waals surface area contributed by atoms with Crippen LogP contribution in [-0.2, 0) is 6.42 Å². The van der Waals surface area contributed by atoms with Crippen LogP contribution < -0.4 is 5.32 Å².